The molecule has 2 aromatic carbocycles. The lowest BCUT2D eigenvalue weighted by molar-refractivity contribution is 0.591. The summed E-state index contributed by atoms with van der Waals surface area (Å²) in [4.78, 5) is 0. The lowest BCUT2D eigenvalue weighted by Crippen LogP contribution is -2.16. The third kappa shape index (κ3) is 3.53. The van der Waals surface area contributed by atoms with Gasteiger partial charge in [-0.2, -0.15) is 0 Å². The number of aryl methyl sites for hydroxylation is 2. The number of benzene rings is 2. The van der Waals surface area contributed by atoms with E-state index in [0.29, 0.717) is 0 Å². The first kappa shape index (κ1) is 13.9. The maximum atomic E-state index is 3.52. The molecule has 0 spiro atoms. The summed E-state index contributed by atoms with van der Waals surface area (Å²) < 4.78 is 2.34. The van der Waals surface area contributed by atoms with Crippen molar-refractivity contribution >= 4 is 10.9 Å². The molecule has 0 bridgehead atoms. The molecule has 1 N–H and O–H groups in total. The minimum atomic E-state index is 0.951. The van der Waals surface area contributed by atoms with E-state index >= 15 is 0 Å². The smallest absolute Gasteiger partial charge is 0.0480 e. The van der Waals surface area contributed by atoms with Gasteiger partial charge in [0.15, 0.2) is 0 Å². The van der Waals surface area contributed by atoms with Crippen LogP contribution in [0.15, 0.2) is 60.8 Å². The van der Waals surface area contributed by atoms with Crippen molar-refractivity contribution in [3.8, 4) is 0 Å². The Balaban J connectivity index is 1.45. The molecule has 0 saturated heterocycles. The largest absolute Gasteiger partial charge is 0.347 e. The van der Waals surface area contributed by atoms with E-state index in [9.17, 15) is 0 Å². The Morgan fingerprint density at radius 1 is 0.952 bits per heavy atom. The Morgan fingerprint density at radius 2 is 1.76 bits per heavy atom. The molecule has 0 amide bonds. The van der Waals surface area contributed by atoms with Crippen LogP contribution in [0.5, 0.6) is 0 Å². The van der Waals surface area contributed by atoms with E-state index in [1.165, 1.54) is 22.0 Å². The van der Waals surface area contributed by atoms with Gasteiger partial charge in [0.1, 0.15) is 0 Å². The fourth-order valence-corrected chi connectivity index (χ4v) is 2.65. The van der Waals surface area contributed by atoms with Gasteiger partial charge >= 0.3 is 0 Å². The van der Waals surface area contributed by atoms with Gasteiger partial charge in [0.25, 0.3) is 0 Å². The van der Waals surface area contributed by atoms with E-state index in [1.54, 1.807) is 0 Å². The van der Waals surface area contributed by atoms with E-state index in [0.717, 1.165) is 26.1 Å². The predicted octanol–water partition coefficient (Wildman–Crippen LogP) is 4.13. The van der Waals surface area contributed by atoms with Gasteiger partial charge in [-0.15, -0.1) is 0 Å². The highest BCUT2D eigenvalue weighted by Gasteiger charge is 1.99. The van der Waals surface area contributed by atoms with Gasteiger partial charge < -0.3 is 9.88 Å². The van der Waals surface area contributed by atoms with Crippen LogP contribution in [0.1, 0.15) is 17.5 Å². The molecule has 1 aromatic heterocycles. The molecular weight excluding hydrogens is 256 g/mol. The van der Waals surface area contributed by atoms with E-state index in [4.69, 9.17) is 0 Å². The molecule has 21 heavy (non-hydrogen) atoms. The van der Waals surface area contributed by atoms with Crippen LogP contribution in [-0.4, -0.2) is 11.1 Å². The molecule has 0 unspecified atom stereocenters. The third-order valence-corrected chi connectivity index (χ3v) is 3.88. The number of para-hydroxylation sites is 1. The van der Waals surface area contributed by atoms with Crippen molar-refractivity contribution in [1.29, 1.82) is 0 Å². The normalized spacial score (nSPS) is 11.1. The molecule has 3 rings (SSSR count). The first-order chi connectivity index (χ1) is 10.3. The van der Waals surface area contributed by atoms with E-state index in [2.05, 4.69) is 77.6 Å². The van der Waals surface area contributed by atoms with Crippen molar-refractivity contribution in [2.75, 3.05) is 6.54 Å². The summed E-state index contributed by atoms with van der Waals surface area (Å²) in [6, 6.07) is 19.5. The van der Waals surface area contributed by atoms with Crippen LogP contribution in [0.25, 0.3) is 10.9 Å². The Hall–Kier alpha value is -2.06. The highest BCUT2D eigenvalue weighted by atomic mass is 15.0. The van der Waals surface area contributed by atoms with Gasteiger partial charge in [0.2, 0.25) is 0 Å². The second-order valence-electron chi connectivity index (χ2n) is 5.58. The molecule has 0 aliphatic rings. The van der Waals surface area contributed by atoms with Crippen molar-refractivity contribution in [3.63, 3.8) is 0 Å². The molecule has 0 aliphatic heterocycles. The molecule has 0 radical (unpaired) electrons. The average molecular weight is 278 g/mol. The van der Waals surface area contributed by atoms with Crippen molar-refractivity contribution in [2.24, 2.45) is 0 Å². The first-order valence-electron chi connectivity index (χ1n) is 7.63. The maximum Gasteiger partial charge on any atom is 0.0480 e. The quantitative estimate of drug-likeness (QED) is 0.671. The molecular formula is C19H22N2. The van der Waals surface area contributed by atoms with Crippen molar-refractivity contribution in [3.05, 3.63) is 71.9 Å². The van der Waals surface area contributed by atoms with Crippen molar-refractivity contribution < 1.29 is 0 Å². The summed E-state index contributed by atoms with van der Waals surface area (Å²) in [6.07, 6.45) is 3.33. The van der Waals surface area contributed by atoms with Crippen LogP contribution in [0.3, 0.4) is 0 Å². The standard InChI is InChI=1S/C19H22N2/c1-16-7-9-17(10-8-16)15-20-12-4-13-21-14-11-18-5-2-3-6-19(18)21/h2-3,5-11,14,20H,4,12-13,15H2,1H3. The van der Waals surface area contributed by atoms with Crippen LogP contribution >= 0.6 is 0 Å². The Kier molecular flexibility index (Phi) is 4.37. The molecule has 2 heteroatoms. The Labute approximate surface area is 126 Å². The second-order valence-corrected chi connectivity index (χ2v) is 5.58. The SMILES string of the molecule is Cc1ccc(CNCCCn2ccc3ccccc32)cc1. The zero-order valence-electron chi connectivity index (χ0n) is 12.5. The van der Waals surface area contributed by atoms with Gasteiger partial charge in [-0.25, -0.2) is 0 Å². The summed E-state index contributed by atoms with van der Waals surface area (Å²) in [5.74, 6) is 0. The van der Waals surface area contributed by atoms with E-state index < -0.39 is 0 Å². The maximum absolute atomic E-state index is 3.52. The molecule has 108 valence electrons. The Morgan fingerprint density at radius 3 is 2.62 bits per heavy atom. The number of rotatable bonds is 6. The van der Waals surface area contributed by atoms with Gasteiger partial charge in [-0.05, 0) is 43.0 Å². The zero-order chi connectivity index (χ0) is 14.5. The third-order valence-electron chi connectivity index (χ3n) is 3.88. The minimum Gasteiger partial charge on any atom is -0.347 e. The fourth-order valence-electron chi connectivity index (χ4n) is 2.65. The molecule has 2 nitrogen and oxygen atoms in total. The second kappa shape index (κ2) is 6.59. The van der Waals surface area contributed by atoms with Crippen molar-refractivity contribution in [1.82, 2.24) is 9.88 Å². The molecule has 3 aromatic rings. The highest BCUT2D eigenvalue weighted by molar-refractivity contribution is 5.79. The van der Waals surface area contributed by atoms with Gasteiger partial charge in [-0.1, -0.05) is 48.0 Å². The van der Waals surface area contributed by atoms with Gasteiger partial charge in [-0.3, -0.25) is 0 Å². The lowest BCUT2D eigenvalue weighted by atomic mass is 10.1. The number of fused-ring (bicyclic) bond motifs is 1. The zero-order valence-corrected chi connectivity index (χ0v) is 12.5. The number of hydrogen-bond donors (Lipinski definition) is 1. The average Bonchev–Trinajstić information content (AvgIpc) is 2.92. The fraction of sp³-hybridized carbons (Fsp3) is 0.263. The summed E-state index contributed by atoms with van der Waals surface area (Å²) in [7, 11) is 0. The van der Waals surface area contributed by atoms with Gasteiger partial charge in [0.05, 0.1) is 0 Å². The van der Waals surface area contributed by atoms with Crippen LogP contribution in [0.2, 0.25) is 0 Å². The van der Waals surface area contributed by atoms with Crippen LogP contribution in [-0.2, 0) is 13.1 Å². The highest BCUT2D eigenvalue weighted by Crippen LogP contribution is 2.15. The molecule has 0 aliphatic carbocycles. The number of aromatic nitrogens is 1. The summed E-state index contributed by atoms with van der Waals surface area (Å²) >= 11 is 0. The van der Waals surface area contributed by atoms with Crippen LogP contribution in [0.4, 0.5) is 0 Å². The first-order valence-corrected chi connectivity index (χ1v) is 7.63. The molecule has 1 heterocycles. The van der Waals surface area contributed by atoms with E-state index in [-0.39, 0.29) is 0 Å². The van der Waals surface area contributed by atoms with Crippen LogP contribution in [0, 0.1) is 6.92 Å². The van der Waals surface area contributed by atoms with E-state index in [1.807, 2.05) is 0 Å². The number of nitrogens with one attached hydrogen (secondary N) is 1. The monoisotopic (exact) mass is 278 g/mol. The van der Waals surface area contributed by atoms with Crippen molar-refractivity contribution in [2.45, 2.75) is 26.4 Å². The Bertz CT molecular complexity index is 695. The number of nitrogens with zero attached hydrogens (tertiary/aromatic N) is 1. The minimum absolute atomic E-state index is 0.951. The topological polar surface area (TPSA) is 17.0 Å². The lowest BCUT2D eigenvalue weighted by Gasteiger charge is -2.07. The number of hydrogen-bond acceptors (Lipinski definition) is 1. The predicted molar refractivity (Wildman–Crippen MR) is 89.4 cm³/mol. The summed E-state index contributed by atoms with van der Waals surface area (Å²) in [6.45, 7) is 5.18. The summed E-state index contributed by atoms with van der Waals surface area (Å²) in [5.41, 5.74) is 4.00. The molecule has 0 fully saturated rings. The van der Waals surface area contributed by atoms with Crippen LogP contribution < -0.4 is 5.32 Å². The van der Waals surface area contributed by atoms with Gasteiger partial charge in [0, 0.05) is 24.8 Å². The molecule has 0 atom stereocenters. The molecule has 0 saturated carbocycles. The summed E-state index contributed by atoms with van der Waals surface area (Å²) in [5, 5.41) is 4.84.